The Kier molecular flexibility index (Phi) is 5.54. The summed E-state index contributed by atoms with van der Waals surface area (Å²) in [6.45, 7) is 0. The second-order valence-electron chi connectivity index (χ2n) is 4.49. The number of alkyl halides is 6. The topological polar surface area (TPSA) is 58.7 Å². The standard InChI is InChI=1S/C12H2Cl3F6N3OS/c13-5-1-4(11(16,17)18)2-6(14)8(5)24-10(15)9(7(3-22)23-24)26(25)12(19,20)21/h1-2H. The fraction of sp³-hybridized carbons (Fsp3) is 0.167. The maximum absolute atomic E-state index is 12.7. The summed E-state index contributed by atoms with van der Waals surface area (Å²) in [5, 5.41) is 10.1. The Labute approximate surface area is 158 Å². The third-order valence-corrected chi connectivity index (χ3v) is 5.06. The molecule has 14 heteroatoms. The number of rotatable bonds is 2. The molecule has 0 amide bonds. The van der Waals surface area contributed by atoms with Crippen LogP contribution >= 0.6 is 34.8 Å². The Morgan fingerprint density at radius 3 is 1.96 bits per heavy atom. The van der Waals surface area contributed by atoms with Gasteiger partial charge in [-0.05, 0) is 12.1 Å². The number of benzene rings is 1. The number of aromatic nitrogens is 2. The lowest BCUT2D eigenvalue weighted by atomic mass is 10.2. The molecule has 2 rings (SSSR count). The Balaban J connectivity index is 2.75. The molecule has 1 aromatic heterocycles. The lowest BCUT2D eigenvalue weighted by Crippen LogP contribution is -2.17. The Bertz CT molecular complexity index is 924. The normalized spacial score (nSPS) is 13.5. The zero-order valence-electron chi connectivity index (χ0n) is 11.7. The highest BCUT2D eigenvalue weighted by molar-refractivity contribution is 7.86. The van der Waals surface area contributed by atoms with E-state index in [0.29, 0.717) is 16.8 Å². The average Bonchev–Trinajstić information content (AvgIpc) is 2.80. The van der Waals surface area contributed by atoms with Crippen molar-refractivity contribution in [3.05, 3.63) is 38.6 Å². The Hall–Kier alpha value is -1.48. The molecule has 0 aliphatic heterocycles. The highest BCUT2D eigenvalue weighted by Gasteiger charge is 2.43. The van der Waals surface area contributed by atoms with Crippen LogP contribution in [-0.4, -0.2) is 19.5 Å². The molecule has 0 aliphatic rings. The Morgan fingerprint density at radius 1 is 1.08 bits per heavy atom. The van der Waals surface area contributed by atoms with Crippen molar-refractivity contribution >= 4 is 45.6 Å². The van der Waals surface area contributed by atoms with Crippen LogP contribution in [0.15, 0.2) is 17.0 Å². The van der Waals surface area contributed by atoms with E-state index in [-0.39, 0.29) is 0 Å². The molecule has 0 aliphatic carbocycles. The summed E-state index contributed by atoms with van der Waals surface area (Å²) in [5.74, 6) is 0. The summed E-state index contributed by atoms with van der Waals surface area (Å²) < 4.78 is 88.3. The third kappa shape index (κ3) is 3.78. The highest BCUT2D eigenvalue weighted by Crippen LogP contribution is 2.40. The van der Waals surface area contributed by atoms with Crippen LogP contribution < -0.4 is 0 Å². The van der Waals surface area contributed by atoms with Gasteiger partial charge >= 0.3 is 11.7 Å². The van der Waals surface area contributed by atoms with E-state index < -0.39 is 59.5 Å². The molecule has 0 fully saturated rings. The van der Waals surface area contributed by atoms with E-state index in [0.717, 1.165) is 0 Å². The van der Waals surface area contributed by atoms with Crippen LogP contribution in [0.3, 0.4) is 0 Å². The molecule has 1 unspecified atom stereocenters. The van der Waals surface area contributed by atoms with E-state index in [1.165, 1.54) is 6.07 Å². The molecule has 0 saturated heterocycles. The van der Waals surface area contributed by atoms with Gasteiger partial charge in [0, 0.05) is 0 Å². The smallest absolute Gasteiger partial charge is 0.245 e. The second kappa shape index (κ2) is 6.92. The van der Waals surface area contributed by atoms with Crippen molar-refractivity contribution in [2.24, 2.45) is 0 Å². The second-order valence-corrected chi connectivity index (χ2v) is 7.07. The molecule has 0 spiro atoms. The quantitative estimate of drug-likeness (QED) is 0.573. The molecule has 1 heterocycles. The van der Waals surface area contributed by atoms with Gasteiger partial charge in [0.25, 0.3) is 0 Å². The maximum Gasteiger partial charge on any atom is 0.476 e. The first-order valence-corrected chi connectivity index (χ1v) is 8.31. The third-order valence-electron chi connectivity index (χ3n) is 2.85. The predicted octanol–water partition coefficient (Wildman–Crippen LogP) is 5.35. The first-order chi connectivity index (χ1) is 11.8. The fourth-order valence-corrected chi connectivity index (χ4v) is 3.62. The van der Waals surface area contributed by atoms with Crippen molar-refractivity contribution in [3.8, 4) is 11.8 Å². The van der Waals surface area contributed by atoms with E-state index in [2.05, 4.69) is 5.10 Å². The number of hydrogen-bond donors (Lipinski definition) is 0. The lowest BCUT2D eigenvalue weighted by Gasteiger charge is -2.13. The van der Waals surface area contributed by atoms with Crippen LogP contribution in [-0.2, 0) is 17.0 Å². The average molecular weight is 457 g/mol. The van der Waals surface area contributed by atoms with E-state index in [1.54, 1.807) is 0 Å². The highest BCUT2D eigenvalue weighted by atomic mass is 35.5. The summed E-state index contributed by atoms with van der Waals surface area (Å²) in [5.41, 5.74) is -7.93. The van der Waals surface area contributed by atoms with Gasteiger partial charge in [-0.3, -0.25) is 0 Å². The zero-order valence-corrected chi connectivity index (χ0v) is 14.8. The molecular formula is C12H2Cl3F6N3OS. The van der Waals surface area contributed by atoms with Crippen molar-refractivity contribution in [2.45, 2.75) is 16.6 Å². The van der Waals surface area contributed by atoms with Crippen LogP contribution in [0, 0.1) is 11.3 Å². The van der Waals surface area contributed by atoms with Gasteiger partial charge in [0.1, 0.15) is 16.7 Å². The number of halogens is 9. The number of nitriles is 1. The van der Waals surface area contributed by atoms with E-state index in [9.17, 15) is 30.6 Å². The minimum absolute atomic E-state index is 0.421. The number of hydrogen-bond acceptors (Lipinski definition) is 3. The molecular weight excluding hydrogens is 455 g/mol. The first-order valence-electron chi connectivity index (χ1n) is 6.02. The largest absolute Gasteiger partial charge is 0.476 e. The van der Waals surface area contributed by atoms with Gasteiger partial charge < -0.3 is 0 Å². The van der Waals surface area contributed by atoms with Crippen LogP contribution in [0.5, 0.6) is 0 Å². The van der Waals surface area contributed by atoms with Crippen LogP contribution in [0.2, 0.25) is 15.2 Å². The number of nitrogens with zero attached hydrogens (tertiary/aromatic N) is 3. The lowest BCUT2D eigenvalue weighted by molar-refractivity contribution is -0.137. The molecule has 140 valence electrons. The molecule has 1 aromatic carbocycles. The summed E-state index contributed by atoms with van der Waals surface area (Å²) in [7, 11) is -3.71. The molecule has 0 N–H and O–H groups in total. The van der Waals surface area contributed by atoms with Gasteiger partial charge in [-0.1, -0.05) is 34.8 Å². The van der Waals surface area contributed by atoms with Crippen molar-refractivity contribution in [2.75, 3.05) is 0 Å². The summed E-state index contributed by atoms with van der Waals surface area (Å²) in [6, 6.07) is 2.18. The monoisotopic (exact) mass is 455 g/mol. The van der Waals surface area contributed by atoms with E-state index >= 15 is 0 Å². The van der Waals surface area contributed by atoms with Gasteiger partial charge in [0.2, 0.25) is 0 Å². The van der Waals surface area contributed by atoms with Gasteiger partial charge in [-0.2, -0.15) is 36.7 Å². The van der Waals surface area contributed by atoms with E-state index in [4.69, 9.17) is 40.1 Å². The van der Waals surface area contributed by atoms with Crippen LogP contribution in [0.4, 0.5) is 26.3 Å². The molecule has 26 heavy (non-hydrogen) atoms. The summed E-state index contributed by atoms with van der Waals surface area (Å²) in [6.07, 6.45) is -4.79. The van der Waals surface area contributed by atoms with Crippen molar-refractivity contribution in [3.63, 3.8) is 0 Å². The fourth-order valence-electron chi connectivity index (χ4n) is 1.82. The van der Waals surface area contributed by atoms with E-state index in [1.807, 2.05) is 0 Å². The minimum atomic E-state index is -5.25. The summed E-state index contributed by atoms with van der Waals surface area (Å²) in [4.78, 5) is -1.16. The molecule has 4 nitrogen and oxygen atoms in total. The van der Waals surface area contributed by atoms with Crippen LogP contribution in [0.1, 0.15) is 11.3 Å². The minimum Gasteiger partial charge on any atom is -0.245 e. The Morgan fingerprint density at radius 2 is 1.58 bits per heavy atom. The van der Waals surface area contributed by atoms with Crippen molar-refractivity contribution in [1.82, 2.24) is 9.78 Å². The van der Waals surface area contributed by atoms with Gasteiger partial charge in [0.05, 0.1) is 15.6 Å². The molecule has 0 saturated carbocycles. The molecule has 0 bridgehead atoms. The molecule has 2 aromatic rings. The van der Waals surface area contributed by atoms with Crippen molar-refractivity contribution in [1.29, 1.82) is 5.26 Å². The SMILES string of the molecule is N#Cc1nn(-c2c(Cl)cc(C(F)(F)F)cc2Cl)c(Cl)c1S(=O)C(F)(F)F. The summed E-state index contributed by atoms with van der Waals surface area (Å²) >= 11 is 17.2. The molecule has 0 radical (unpaired) electrons. The van der Waals surface area contributed by atoms with Gasteiger partial charge in [-0.25, -0.2) is 8.89 Å². The maximum atomic E-state index is 12.7. The first kappa shape index (κ1) is 20.8. The van der Waals surface area contributed by atoms with Crippen molar-refractivity contribution < 1.29 is 30.6 Å². The van der Waals surface area contributed by atoms with Crippen LogP contribution in [0.25, 0.3) is 5.69 Å². The predicted molar refractivity (Wildman–Crippen MR) is 80.8 cm³/mol. The molecule has 1 atom stereocenters. The van der Waals surface area contributed by atoms with Gasteiger partial charge in [0.15, 0.2) is 21.6 Å². The zero-order chi connectivity index (χ0) is 20.0. The van der Waals surface area contributed by atoms with Gasteiger partial charge in [-0.15, -0.1) is 0 Å².